The molecule has 1 fully saturated rings. The van der Waals surface area contributed by atoms with Crippen LogP contribution in [0, 0.1) is 11.3 Å². The molecule has 0 saturated heterocycles. The Morgan fingerprint density at radius 2 is 2.00 bits per heavy atom. The van der Waals surface area contributed by atoms with Gasteiger partial charge in [-0.25, -0.2) is 4.79 Å². The van der Waals surface area contributed by atoms with Gasteiger partial charge in [-0.2, -0.15) is 5.10 Å². The molecular weight excluding hydrogens is 304 g/mol. The highest BCUT2D eigenvalue weighted by atomic mass is 16.5. The molecule has 0 spiro atoms. The average molecular weight is 336 g/mol. The van der Waals surface area contributed by atoms with Gasteiger partial charge < -0.3 is 15.4 Å². The molecule has 1 heterocycles. The zero-order chi connectivity index (χ0) is 18.1. The maximum atomic E-state index is 12.4. The van der Waals surface area contributed by atoms with Gasteiger partial charge >= 0.3 is 6.03 Å². The predicted molar refractivity (Wildman–Crippen MR) is 94.9 cm³/mol. The fourth-order valence-corrected chi connectivity index (χ4v) is 4.38. The van der Waals surface area contributed by atoms with Crippen LogP contribution in [0.5, 0.6) is 0 Å². The van der Waals surface area contributed by atoms with Crippen molar-refractivity contribution >= 4 is 6.03 Å². The van der Waals surface area contributed by atoms with E-state index in [-0.39, 0.29) is 23.6 Å². The third-order valence-electron chi connectivity index (χ3n) is 5.53. The molecule has 2 amide bonds. The Morgan fingerprint density at radius 1 is 1.33 bits per heavy atom. The lowest BCUT2D eigenvalue weighted by molar-refractivity contribution is -0.140. The molecule has 2 rings (SSSR count). The van der Waals surface area contributed by atoms with Crippen LogP contribution in [0.15, 0.2) is 0 Å². The SMILES string of the molecule is CCc1nn(C)c(CC)c1CNC(=O)NC1C(C)C(OC)C1(C)C. The van der Waals surface area contributed by atoms with Crippen molar-refractivity contribution in [1.29, 1.82) is 0 Å². The Labute approximate surface area is 145 Å². The summed E-state index contributed by atoms with van der Waals surface area (Å²) in [5, 5.41) is 10.7. The summed E-state index contributed by atoms with van der Waals surface area (Å²) in [7, 11) is 3.70. The number of rotatable bonds is 6. The van der Waals surface area contributed by atoms with Crippen molar-refractivity contribution in [2.45, 2.75) is 66.2 Å². The Hall–Kier alpha value is -1.56. The molecule has 6 nitrogen and oxygen atoms in total. The quantitative estimate of drug-likeness (QED) is 0.838. The number of carbonyl (C=O) groups is 1. The second-order valence-electron chi connectivity index (χ2n) is 7.34. The minimum absolute atomic E-state index is 0.0526. The van der Waals surface area contributed by atoms with Crippen LogP contribution in [0.25, 0.3) is 0 Å². The van der Waals surface area contributed by atoms with Crippen LogP contribution in [0.1, 0.15) is 51.6 Å². The molecule has 24 heavy (non-hydrogen) atoms. The fraction of sp³-hybridized carbons (Fsp3) is 0.778. The first-order valence-electron chi connectivity index (χ1n) is 8.88. The van der Waals surface area contributed by atoms with E-state index in [0.29, 0.717) is 12.5 Å². The number of nitrogens with zero attached hydrogens (tertiary/aromatic N) is 2. The molecule has 1 aliphatic rings. The minimum atomic E-state index is -0.123. The summed E-state index contributed by atoms with van der Waals surface area (Å²) in [5.41, 5.74) is 3.34. The Kier molecular flexibility index (Phi) is 5.58. The van der Waals surface area contributed by atoms with Crippen LogP contribution in [-0.2, 0) is 31.2 Å². The van der Waals surface area contributed by atoms with Gasteiger partial charge in [-0.3, -0.25) is 4.68 Å². The lowest BCUT2D eigenvalue weighted by atomic mass is 9.58. The van der Waals surface area contributed by atoms with Crippen LogP contribution in [0.4, 0.5) is 4.79 Å². The first-order chi connectivity index (χ1) is 11.3. The third-order valence-corrected chi connectivity index (χ3v) is 5.53. The highest BCUT2D eigenvalue weighted by Gasteiger charge is 2.55. The van der Waals surface area contributed by atoms with E-state index < -0.39 is 0 Å². The van der Waals surface area contributed by atoms with E-state index in [1.54, 1.807) is 7.11 Å². The number of methoxy groups -OCH3 is 1. The molecule has 3 unspecified atom stereocenters. The largest absolute Gasteiger partial charge is 0.380 e. The van der Waals surface area contributed by atoms with Gasteiger partial charge in [0.05, 0.1) is 11.8 Å². The van der Waals surface area contributed by atoms with E-state index in [9.17, 15) is 4.79 Å². The topological polar surface area (TPSA) is 68.2 Å². The van der Waals surface area contributed by atoms with E-state index in [0.717, 1.165) is 24.1 Å². The zero-order valence-corrected chi connectivity index (χ0v) is 16.1. The van der Waals surface area contributed by atoms with Gasteiger partial charge in [-0.05, 0) is 12.8 Å². The number of aryl methyl sites for hydroxylation is 2. The third kappa shape index (κ3) is 3.16. The number of aromatic nitrogens is 2. The second-order valence-corrected chi connectivity index (χ2v) is 7.34. The van der Waals surface area contributed by atoms with Crippen molar-refractivity contribution in [1.82, 2.24) is 20.4 Å². The Bertz CT molecular complexity index is 594. The predicted octanol–water partition coefficient (Wildman–Crippen LogP) is 2.40. The lowest BCUT2D eigenvalue weighted by Gasteiger charge is -2.56. The molecule has 0 radical (unpaired) electrons. The summed E-state index contributed by atoms with van der Waals surface area (Å²) in [6, 6.07) is -0.00456. The van der Waals surface area contributed by atoms with Crippen molar-refractivity contribution < 1.29 is 9.53 Å². The van der Waals surface area contributed by atoms with Gasteiger partial charge in [0.15, 0.2) is 0 Å². The van der Waals surface area contributed by atoms with E-state index in [4.69, 9.17) is 4.74 Å². The molecule has 1 aromatic heterocycles. The van der Waals surface area contributed by atoms with Crippen LogP contribution >= 0.6 is 0 Å². The van der Waals surface area contributed by atoms with Crippen LogP contribution < -0.4 is 10.6 Å². The maximum absolute atomic E-state index is 12.4. The molecule has 1 saturated carbocycles. The molecule has 1 aromatic rings. The van der Waals surface area contributed by atoms with Gasteiger partial charge in [0.2, 0.25) is 0 Å². The smallest absolute Gasteiger partial charge is 0.315 e. The fourth-order valence-electron chi connectivity index (χ4n) is 4.38. The number of nitrogens with one attached hydrogen (secondary N) is 2. The summed E-state index contributed by atoms with van der Waals surface area (Å²) >= 11 is 0. The number of amides is 2. The van der Waals surface area contributed by atoms with E-state index in [1.807, 2.05) is 11.7 Å². The maximum Gasteiger partial charge on any atom is 0.315 e. The van der Waals surface area contributed by atoms with E-state index >= 15 is 0 Å². The van der Waals surface area contributed by atoms with Gasteiger partial charge in [0, 0.05) is 49.3 Å². The van der Waals surface area contributed by atoms with Crippen molar-refractivity contribution in [2.75, 3.05) is 7.11 Å². The van der Waals surface area contributed by atoms with Gasteiger partial charge in [-0.15, -0.1) is 0 Å². The molecule has 0 aromatic carbocycles. The number of carbonyl (C=O) groups excluding carboxylic acids is 1. The van der Waals surface area contributed by atoms with E-state index in [2.05, 4.69) is 50.4 Å². The van der Waals surface area contributed by atoms with Gasteiger partial charge in [0.25, 0.3) is 0 Å². The summed E-state index contributed by atoms with van der Waals surface area (Å²) in [4.78, 5) is 12.4. The van der Waals surface area contributed by atoms with Crippen molar-refractivity contribution in [3.05, 3.63) is 17.0 Å². The minimum Gasteiger partial charge on any atom is -0.380 e. The molecular formula is C18H32N4O2. The molecule has 2 N–H and O–H groups in total. The standard InChI is InChI=1S/C18H32N4O2/c1-8-13-12(14(9-2)22(6)21-13)10-19-17(23)20-15-11(3)16(24-7)18(15,4)5/h11,15-16H,8-10H2,1-7H3,(H2,19,20,23). The number of ether oxygens (including phenoxy) is 1. The summed E-state index contributed by atoms with van der Waals surface area (Å²) in [6.45, 7) is 11.1. The zero-order valence-electron chi connectivity index (χ0n) is 16.1. The van der Waals surface area contributed by atoms with E-state index in [1.165, 1.54) is 5.69 Å². The van der Waals surface area contributed by atoms with Crippen molar-refractivity contribution in [3.8, 4) is 0 Å². The van der Waals surface area contributed by atoms with Gasteiger partial charge in [-0.1, -0.05) is 34.6 Å². The van der Waals surface area contributed by atoms with Crippen molar-refractivity contribution in [3.63, 3.8) is 0 Å². The second kappa shape index (κ2) is 7.13. The van der Waals surface area contributed by atoms with Crippen LogP contribution in [0.3, 0.4) is 0 Å². The number of urea groups is 1. The number of hydrogen-bond acceptors (Lipinski definition) is 3. The number of hydrogen-bond donors (Lipinski definition) is 2. The summed E-state index contributed by atoms with van der Waals surface area (Å²) in [6.07, 6.45) is 1.96. The highest BCUT2D eigenvalue weighted by Crippen LogP contribution is 2.46. The monoisotopic (exact) mass is 336 g/mol. The van der Waals surface area contributed by atoms with Gasteiger partial charge in [0.1, 0.15) is 0 Å². The highest BCUT2D eigenvalue weighted by molar-refractivity contribution is 5.74. The normalized spacial score (nSPS) is 25.2. The lowest BCUT2D eigenvalue weighted by Crippen LogP contribution is -2.68. The molecule has 0 bridgehead atoms. The summed E-state index contributed by atoms with van der Waals surface area (Å²) in [5.74, 6) is 0.312. The molecule has 6 heteroatoms. The summed E-state index contributed by atoms with van der Waals surface area (Å²) < 4.78 is 7.46. The van der Waals surface area contributed by atoms with Crippen LogP contribution in [-0.4, -0.2) is 35.1 Å². The Morgan fingerprint density at radius 3 is 2.50 bits per heavy atom. The Balaban J connectivity index is 1.98. The molecule has 3 atom stereocenters. The first kappa shape index (κ1) is 18.8. The molecule has 136 valence electrons. The van der Waals surface area contributed by atoms with Crippen LogP contribution in [0.2, 0.25) is 0 Å². The average Bonchev–Trinajstić information content (AvgIpc) is 2.85. The molecule has 0 aliphatic heterocycles. The first-order valence-corrected chi connectivity index (χ1v) is 8.88. The van der Waals surface area contributed by atoms with Crippen molar-refractivity contribution in [2.24, 2.45) is 18.4 Å². The molecule has 1 aliphatic carbocycles.